The number of carbonyl (C=O) groups excluding carboxylic acids is 1. The van der Waals surface area contributed by atoms with Crippen molar-refractivity contribution >= 4 is 11.7 Å². The van der Waals surface area contributed by atoms with Crippen molar-refractivity contribution in [1.29, 1.82) is 0 Å². The lowest BCUT2D eigenvalue weighted by Gasteiger charge is -2.10. The summed E-state index contributed by atoms with van der Waals surface area (Å²) in [5.41, 5.74) is 0.136. The highest BCUT2D eigenvalue weighted by atomic mass is 19.3. The quantitative estimate of drug-likeness (QED) is 0.683. The number of hydrogen-bond donors (Lipinski definition) is 3. The lowest BCUT2D eigenvalue weighted by atomic mass is 10.3. The number of aliphatic hydroxyl groups excluding tert-OH is 1. The minimum Gasteiger partial charge on any atom is -0.385 e. The van der Waals surface area contributed by atoms with Gasteiger partial charge in [0.25, 0.3) is 12.3 Å². The van der Waals surface area contributed by atoms with Gasteiger partial charge in [-0.2, -0.15) is 0 Å². The molecule has 1 heterocycles. The highest BCUT2D eigenvalue weighted by molar-refractivity contribution is 5.92. The molecule has 1 unspecified atom stereocenters. The summed E-state index contributed by atoms with van der Waals surface area (Å²) in [6, 6.07) is 2.84. The number of hydrogen-bond acceptors (Lipinski definition) is 5. The normalized spacial score (nSPS) is 12.3. The maximum absolute atomic E-state index is 12.0. The number of aliphatic hydroxyl groups is 1. The van der Waals surface area contributed by atoms with Gasteiger partial charge in [0.1, 0.15) is 11.9 Å². The topological polar surface area (TPSA) is 87.1 Å². The molecule has 0 aliphatic heterocycles. The Morgan fingerprint density at radius 3 is 2.67 bits per heavy atom. The van der Waals surface area contributed by atoms with Crippen molar-refractivity contribution < 1.29 is 18.7 Å². The van der Waals surface area contributed by atoms with E-state index < -0.39 is 12.5 Å². The minimum atomic E-state index is -2.82. The molecular weight excluding hydrogens is 246 g/mol. The van der Waals surface area contributed by atoms with Crippen LogP contribution in [0, 0.1) is 0 Å². The van der Waals surface area contributed by atoms with Crippen LogP contribution < -0.4 is 10.6 Å². The molecule has 0 saturated heterocycles. The number of halogens is 2. The van der Waals surface area contributed by atoms with E-state index in [9.17, 15) is 13.6 Å². The molecule has 0 fully saturated rings. The molecule has 1 atom stereocenters. The van der Waals surface area contributed by atoms with E-state index in [1.54, 1.807) is 6.92 Å². The molecule has 0 bridgehead atoms. The number of amides is 1. The molecule has 0 aliphatic rings. The van der Waals surface area contributed by atoms with Crippen LogP contribution in [0.5, 0.6) is 0 Å². The predicted molar refractivity (Wildman–Crippen MR) is 60.5 cm³/mol. The Hall–Kier alpha value is -1.83. The number of rotatable bonds is 6. The third-order valence-corrected chi connectivity index (χ3v) is 2.02. The Morgan fingerprint density at radius 1 is 1.44 bits per heavy atom. The molecule has 0 saturated carbocycles. The van der Waals surface area contributed by atoms with Crippen LogP contribution in [0.25, 0.3) is 0 Å². The van der Waals surface area contributed by atoms with E-state index >= 15 is 0 Å². The van der Waals surface area contributed by atoms with E-state index in [1.807, 2.05) is 0 Å². The van der Waals surface area contributed by atoms with Crippen LogP contribution in [-0.2, 0) is 0 Å². The van der Waals surface area contributed by atoms with Gasteiger partial charge < -0.3 is 15.7 Å². The SMILES string of the molecule is CCNC(=O)c1ccc(NCC(O)C(F)F)nn1. The molecule has 0 radical (unpaired) electrons. The fraction of sp³-hybridized carbons (Fsp3) is 0.500. The molecule has 18 heavy (non-hydrogen) atoms. The number of aromatic nitrogens is 2. The molecule has 1 aromatic rings. The summed E-state index contributed by atoms with van der Waals surface area (Å²) in [5.74, 6) is -0.146. The Kier molecular flexibility index (Phi) is 5.37. The van der Waals surface area contributed by atoms with Gasteiger partial charge in [-0.25, -0.2) is 8.78 Å². The lowest BCUT2D eigenvalue weighted by Crippen LogP contribution is -2.27. The van der Waals surface area contributed by atoms with Crippen molar-refractivity contribution in [3.05, 3.63) is 17.8 Å². The van der Waals surface area contributed by atoms with E-state index in [0.717, 1.165) is 0 Å². The highest BCUT2D eigenvalue weighted by Crippen LogP contribution is 2.05. The van der Waals surface area contributed by atoms with E-state index in [1.165, 1.54) is 12.1 Å². The number of anilines is 1. The van der Waals surface area contributed by atoms with E-state index in [0.29, 0.717) is 6.54 Å². The molecule has 1 amide bonds. The maximum atomic E-state index is 12.0. The zero-order valence-corrected chi connectivity index (χ0v) is 9.73. The number of nitrogens with zero attached hydrogens (tertiary/aromatic N) is 2. The first-order chi connectivity index (χ1) is 8.54. The van der Waals surface area contributed by atoms with Crippen LogP contribution in [0.4, 0.5) is 14.6 Å². The number of carbonyl (C=O) groups is 1. The first-order valence-electron chi connectivity index (χ1n) is 5.36. The molecule has 0 aromatic carbocycles. The zero-order valence-electron chi connectivity index (χ0n) is 9.73. The Balaban J connectivity index is 2.53. The van der Waals surface area contributed by atoms with Gasteiger partial charge in [-0.1, -0.05) is 0 Å². The summed E-state index contributed by atoms with van der Waals surface area (Å²) < 4.78 is 24.0. The maximum Gasteiger partial charge on any atom is 0.271 e. The van der Waals surface area contributed by atoms with Gasteiger partial charge >= 0.3 is 0 Å². The Morgan fingerprint density at radius 2 is 2.17 bits per heavy atom. The molecule has 0 spiro atoms. The molecule has 8 heteroatoms. The van der Waals surface area contributed by atoms with Crippen LogP contribution in [-0.4, -0.2) is 46.8 Å². The molecular formula is C10H14F2N4O2. The third-order valence-electron chi connectivity index (χ3n) is 2.02. The first kappa shape index (κ1) is 14.2. The molecule has 1 aromatic heterocycles. The van der Waals surface area contributed by atoms with Crippen LogP contribution >= 0.6 is 0 Å². The minimum absolute atomic E-state index is 0.136. The summed E-state index contributed by atoms with van der Waals surface area (Å²) in [7, 11) is 0. The van der Waals surface area contributed by atoms with Gasteiger partial charge in [-0.05, 0) is 19.1 Å². The predicted octanol–water partition coefficient (Wildman–Crippen LogP) is 0.264. The summed E-state index contributed by atoms with van der Waals surface area (Å²) in [6.45, 7) is 1.90. The first-order valence-corrected chi connectivity index (χ1v) is 5.36. The number of nitrogens with one attached hydrogen (secondary N) is 2. The van der Waals surface area contributed by atoms with E-state index in [4.69, 9.17) is 5.11 Å². The fourth-order valence-corrected chi connectivity index (χ4v) is 1.10. The van der Waals surface area contributed by atoms with Crippen LogP contribution in [0.3, 0.4) is 0 Å². The van der Waals surface area contributed by atoms with Crippen molar-refractivity contribution in [3.63, 3.8) is 0 Å². The van der Waals surface area contributed by atoms with Gasteiger partial charge in [-0.3, -0.25) is 4.79 Å². The molecule has 6 nitrogen and oxygen atoms in total. The Labute approximate surface area is 102 Å². The largest absolute Gasteiger partial charge is 0.385 e. The second kappa shape index (κ2) is 6.80. The highest BCUT2D eigenvalue weighted by Gasteiger charge is 2.16. The molecule has 3 N–H and O–H groups in total. The zero-order chi connectivity index (χ0) is 13.5. The van der Waals surface area contributed by atoms with Gasteiger partial charge in [-0.15, -0.1) is 10.2 Å². The Bertz CT molecular complexity index is 386. The molecule has 1 rings (SSSR count). The standard InChI is InChI=1S/C10H14F2N4O2/c1-2-13-10(18)6-3-4-8(16-15-6)14-5-7(17)9(11)12/h3-4,7,9,17H,2,5H2,1H3,(H,13,18)(H,14,16). The van der Waals surface area contributed by atoms with E-state index in [-0.39, 0.29) is 24.0 Å². The average molecular weight is 260 g/mol. The average Bonchev–Trinajstić information content (AvgIpc) is 2.36. The molecule has 0 aliphatic carbocycles. The van der Waals surface area contributed by atoms with Crippen LogP contribution in [0.15, 0.2) is 12.1 Å². The van der Waals surface area contributed by atoms with Crippen molar-refractivity contribution in [1.82, 2.24) is 15.5 Å². The van der Waals surface area contributed by atoms with Crippen molar-refractivity contribution in [2.24, 2.45) is 0 Å². The van der Waals surface area contributed by atoms with Crippen molar-refractivity contribution in [2.45, 2.75) is 19.5 Å². The van der Waals surface area contributed by atoms with E-state index in [2.05, 4.69) is 20.8 Å². The van der Waals surface area contributed by atoms with Gasteiger partial charge in [0.05, 0.1) is 0 Å². The van der Waals surface area contributed by atoms with Gasteiger partial charge in [0, 0.05) is 13.1 Å². The van der Waals surface area contributed by atoms with Crippen LogP contribution in [0.1, 0.15) is 17.4 Å². The third kappa shape index (κ3) is 4.21. The van der Waals surface area contributed by atoms with Crippen LogP contribution in [0.2, 0.25) is 0 Å². The summed E-state index contributed by atoms with van der Waals surface area (Å²) in [4.78, 5) is 11.3. The second-order valence-electron chi connectivity index (χ2n) is 3.45. The smallest absolute Gasteiger partial charge is 0.271 e. The van der Waals surface area contributed by atoms with Gasteiger partial charge in [0.15, 0.2) is 5.69 Å². The number of alkyl halides is 2. The van der Waals surface area contributed by atoms with Crippen molar-refractivity contribution in [3.8, 4) is 0 Å². The monoisotopic (exact) mass is 260 g/mol. The fourth-order valence-electron chi connectivity index (χ4n) is 1.10. The molecule has 100 valence electrons. The van der Waals surface area contributed by atoms with Gasteiger partial charge in [0.2, 0.25) is 0 Å². The van der Waals surface area contributed by atoms with Crippen molar-refractivity contribution in [2.75, 3.05) is 18.4 Å². The summed E-state index contributed by atoms with van der Waals surface area (Å²) >= 11 is 0. The summed E-state index contributed by atoms with van der Waals surface area (Å²) in [6.07, 6.45) is -4.59. The lowest BCUT2D eigenvalue weighted by molar-refractivity contribution is 0.00380. The second-order valence-corrected chi connectivity index (χ2v) is 3.45. The summed E-state index contributed by atoms with van der Waals surface area (Å²) in [5, 5.41) is 21.2.